The van der Waals surface area contributed by atoms with Crippen molar-refractivity contribution in [3.8, 4) is 0 Å². The topological polar surface area (TPSA) is 72.5 Å². The first-order chi connectivity index (χ1) is 19.9. The van der Waals surface area contributed by atoms with Crippen LogP contribution in [0.1, 0.15) is 53.7 Å². The van der Waals surface area contributed by atoms with Gasteiger partial charge in [-0.25, -0.2) is 8.78 Å². The molecule has 0 spiro atoms. The van der Waals surface area contributed by atoms with Crippen LogP contribution in [0.2, 0.25) is 20.1 Å². The summed E-state index contributed by atoms with van der Waals surface area (Å²) in [6, 6.07) is 9.21. The summed E-state index contributed by atoms with van der Waals surface area (Å²) in [6.45, 7) is 4.98. The molecular formula is C30H23Cl6F2NO4. The van der Waals surface area contributed by atoms with Crippen molar-refractivity contribution in [1.82, 2.24) is 0 Å². The Morgan fingerprint density at radius 1 is 0.907 bits per heavy atom. The summed E-state index contributed by atoms with van der Waals surface area (Å²) < 4.78 is 33.6. The van der Waals surface area contributed by atoms with E-state index in [0.29, 0.717) is 5.56 Å². The number of rotatable bonds is 8. The van der Waals surface area contributed by atoms with Crippen molar-refractivity contribution in [3.63, 3.8) is 0 Å². The van der Waals surface area contributed by atoms with Crippen LogP contribution in [0, 0.1) is 17.6 Å². The van der Waals surface area contributed by atoms with Crippen LogP contribution in [-0.4, -0.2) is 27.6 Å². The average molecular weight is 712 g/mol. The fourth-order valence-electron chi connectivity index (χ4n) is 4.59. The predicted molar refractivity (Wildman–Crippen MR) is 166 cm³/mol. The fourth-order valence-corrected chi connectivity index (χ4v) is 6.26. The molecule has 1 amide bonds. The van der Waals surface area contributed by atoms with Gasteiger partial charge in [0.05, 0.1) is 32.4 Å². The number of halogens is 8. The largest absolute Gasteiger partial charge is 0.460 e. The summed E-state index contributed by atoms with van der Waals surface area (Å²) in [5, 5.41) is 3.13. The van der Waals surface area contributed by atoms with E-state index in [9.17, 15) is 18.8 Å². The van der Waals surface area contributed by atoms with E-state index in [0.717, 1.165) is 12.1 Å². The van der Waals surface area contributed by atoms with Crippen molar-refractivity contribution < 1.29 is 27.9 Å². The van der Waals surface area contributed by atoms with Crippen LogP contribution >= 0.6 is 69.6 Å². The number of alkyl halides is 2. The molecule has 0 unspecified atom stereocenters. The van der Waals surface area contributed by atoms with Gasteiger partial charge >= 0.3 is 5.97 Å². The third kappa shape index (κ3) is 7.58. The Morgan fingerprint density at radius 3 is 2.14 bits per heavy atom. The van der Waals surface area contributed by atoms with E-state index in [-0.39, 0.29) is 36.9 Å². The zero-order chi connectivity index (χ0) is 32.0. The lowest BCUT2D eigenvalue weighted by molar-refractivity contribution is -0.154. The average Bonchev–Trinajstić information content (AvgIpc) is 3.48. The Balaban J connectivity index is 1.51. The molecule has 3 aromatic carbocycles. The number of hydrogen-bond acceptors (Lipinski definition) is 4. The summed E-state index contributed by atoms with van der Waals surface area (Å²) >= 11 is 37.3. The first-order valence-electron chi connectivity index (χ1n) is 12.7. The van der Waals surface area contributed by atoms with Crippen molar-refractivity contribution in [3.05, 3.63) is 96.4 Å². The van der Waals surface area contributed by atoms with E-state index in [4.69, 9.17) is 74.3 Å². The Kier molecular flexibility index (Phi) is 9.97. The molecule has 2 atom stereocenters. The lowest BCUT2D eigenvalue weighted by Crippen LogP contribution is -2.25. The van der Waals surface area contributed by atoms with Crippen LogP contribution in [0.4, 0.5) is 14.5 Å². The molecule has 1 saturated carbocycles. The normalized spacial score (nSPS) is 17.4. The lowest BCUT2D eigenvalue weighted by Gasteiger charge is -2.19. The molecule has 0 aliphatic heterocycles. The van der Waals surface area contributed by atoms with E-state index >= 15 is 4.39 Å². The Morgan fingerprint density at radius 2 is 1.53 bits per heavy atom. The molecule has 1 aliphatic rings. The molecule has 0 saturated heterocycles. The van der Waals surface area contributed by atoms with Gasteiger partial charge in [0.2, 0.25) is 5.91 Å². The maximum Gasteiger partial charge on any atom is 0.310 e. The molecule has 228 valence electrons. The molecule has 43 heavy (non-hydrogen) atoms. The molecule has 4 rings (SSSR count). The zero-order valence-corrected chi connectivity index (χ0v) is 27.3. The van der Waals surface area contributed by atoms with Crippen LogP contribution < -0.4 is 5.32 Å². The quantitative estimate of drug-likeness (QED) is 0.109. The number of ether oxygens (including phenoxy) is 1. The summed E-state index contributed by atoms with van der Waals surface area (Å²) in [7, 11) is 0. The van der Waals surface area contributed by atoms with Gasteiger partial charge in [-0.1, -0.05) is 52.5 Å². The van der Waals surface area contributed by atoms with E-state index in [1.165, 1.54) is 30.3 Å². The fraction of sp³-hybridized carbons (Fsp3) is 0.300. The van der Waals surface area contributed by atoms with Gasteiger partial charge in [-0.3, -0.25) is 14.4 Å². The number of esters is 1. The molecule has 0 bridgehead atoms. The minimum absolute atomic E-state index is 0.00694. The number of ketones is 1. The Hall–Kier alpha value is -2.13. The van der Waals surface area contributed by atoms with Crippen molar-refractivity contribution >= 4 is 93.0 Å². The summed E-state index contributed by atoms with van der Waals surface area (Å²) in [6.07, 6.45) is -1.15. The van der Waals surface area contributed by atoms with E-state index in [1.54, 1.807) is 20.8 Å². The van der Waals surface area contributed by atoms with Crippen LogP contribution in [0.25, 0.3) is 0 Å². The molecule has 13 heteroatoms. The molecule has 0 radical (unpaired) electrons. The first kappa shape index (κ1) is 33.8. The molecule has 1 N–H and O–H groups in total. The van der Waals surface area contributed by atoms with Crippen molar-refractivity contribution in [2.24, 2.45) is 5.92 Å². The highest BCUT2D eigenvalue weighted by atomic mass is 35.5. The second-order valence-electron chi connectivity index (χ2n) is 11.0. The highest BCUT2D eigenvalue weighted by Crippen LogP contribution is 2.65. The van der Waals surface area contributed by atoms with Gasteiger partial charge in [0, 0.05) is 29.2 Å². The summed E-state index contributed by atoms with van der Waals surface area (Å²) in [5.41, 5.74) is -0.877. The number of Topliss-reactive ketones (excluding diaryl/α,β-unsaturated/α-hetero) is 1. The van der Waals surface area contributed by atoms with Crippen LogP contribution in [0.3, 0.4) is 0 Å². The SMILES string of the molecule is CC(C)(C)OC(=O)Cc1ccc(F)c(CC(=O)c2cc(NC(=O)[C@H]3[C@H](c4cc(Cl)c(Cl)c(Cl)c4)C3(Cl)Cl)ccc2Cl)c1F. The van der Waals surface area contributed by atoms with Gasteiger partial charge in [-0.05, 0) is 68.3 Å². The van der Waals surface area contributed by atoms with Crippen molar-refractivity contribution in [2.45, 2.75) is 49.5 Å². The number of amides is 1. The van der Waals surface area contributed by atoms with E-state index < -0.39 is 69.5 Å². The van der Waals surface area contributed by atoms with Gasteiger partial charge in [0.25, 0.3) is 0 Å². The first-order valence-corrected chi connectivity index (χ1v) is 15.0. The monoisotopic (exact) mass is 709 g/mol. The Labute approximate surface area is 276 Å². The number of anilines is 1. The molecule has 3 aromatic rings. The third-order valence-corrected chi connectivity index (χ3v) is 9.06. The number of nitrogens with one attached hydrogen (secondary N) is 1. The van der Waals surface area contributed by atoms with Gasteiger partial charge in [-0.2, -0.15) is 0 Å². The molecular weight excluding hydrogens is 689 g/mol. The van der Waals surface area contributed by atoms with Gasteiger partial charge < -0.3 is 10.1 Å². The highest BCUT2D eigenvalue weighted by molar-refractivity contribution is 6.54. The maximum atomic E-state index is 15.2. The van der Waals surface area contributed by atoms with Crippen molar-refractivity contribution in [1.29, 1.82) is 0 Å². The molecule has 0 heterocycles. The summed E-state index contributed by atoms with van der Waals surface area (Å²) in [5.74, 6) is -5.58. The van der Waals surface area contributed by atoms with Crippen LogP contribution in [0.15, 0.2) is 42.5 Å². The second-order valence-corrected chi connectivity index (χ2v) is 14.0. The zero-order valence-electron chi connectivity index (χ0n) is 22.8. The van der Waals surface area contributed by atoms with Gasteiger partial charge in [0.1, 0.15) is 21.6 Å². The molecule has 1 fully saturated rings. The predicted octanol–water partition coefficient (Wildman–Crippen LogP) is 9.41. The van der Waals surface area contributed by atoms with Crippen LogP contribution in [-0.2, 0) is 27.2 Å². The second kappa shape index (κ2) is 12.7. The number of carbonyl (C=O) groups excluding carboxylic acids is 3. The highest BCUT2D eigenvalue weighted by Gasteiger charge is 2.67. The smallest absolute Gasteiger partial charge is 0.310 e. The summed E-state index contributed by atoms with van der Waals surface area (Å²) in [4.78, 5) is 38.5. The molecule has 1 aliphatic carbocycles. The standard InChI is InChI=1S/C30H23Cl6F2NO4/c1-29(2,3)43-23(41)10-13-4-7-21(37)17(27(13)38)12-22(40)16-11-15(5-6-18(16)31)39-28(42)25-24(30(25,35)36)14-8-19(32)26(34)20(33)9-14/h4-9,11,24-25H,10,12H2,1-3H3,(H,39,42)/t24-,25+/m0/s1. The van der Waals surface area contributed by atoms with Gasteiger partial charge in [0.15, 0.2) is 5.78 Å². The lowest BCUT2D eigenvalue weighted by atomic mass is 9.98. The minimum atomic E-state index is -1.48. The van der Waals surface area contributed by atoms with E-state index in [1.807, 2.05) is 0 Å². The molecule has 5 nitrogen and oxygen atoms in total. The Bertz CT molecular complexity index is 1620. The van der Waals surface area contributed by atoms with Crippen LogP contribution in [0.5, 0.6) is 0 Å². The minimum Gasteiger partial charge on any atom is -0.460 e. The number of hydrogen-bond donors (Lipinski definition) is 1. The third-order valence-electron chi connectivity index (χ3n) is 6.59. The van der Waals surface area contributed by atoms with Crippen molar-refractivity contribution in [2.75, 3.05) is 5.32 Å². The molecule has 0 aromatic heterocycles. The number of carbonyl (C=O) groups is 3. The number of benzene rings is 3. The maximum absolute atomic E-state index is 15.2. The van der Waals surface area contributed by atoms with E-state index in [2.05, 4.69) is 5.32 Å². The van der Waals surface area contributed by atoms with Gasteiger partial charge in [-0.15, -0.1) is 23.2 Å².